The maximum absolute atomic E-state index is 13.7. The number of fused-ring (bicyclic) bond motifs is 3. The Bertz CT molecular complexity index is 960. The van der Waals surface area contributed by atoms with Crippen LogP contribution in [0.15, 0.2) is 10.9 Å². The largest absolute Gasteiger partial charge is 0.428 e. The van der Waals surface area contributed by atoms with E-state index in [2.05, 4.69) is 4.98 Å². The van der Waals surface area contributed by atoms with Crippen molar-refractivity contribution in [2.75, 3.05) is 29.5 Å². The zero-order valence-electron chi connectivity index (χ0n) is 16.5. The predicted octanol–water partition coefficient (Wildman–Crippen LogP) is 2.22. The second-order valence-corrected chi connectivity index (χ2v) is 8.23. The van der Waals surface area contributed by atoms with Crippen LogP contribution in [0.25, 0.3) is 0 Å². The molecule has 0 radical (unpaired) electrons. The van der Waals surface area contributed by atoms with Crippen molar-refractivity contribution in [2.24, 2.45) is 0 Å². The molecule has 3 atom stereocenters. The molecule has 16 heteroatoms. The van der Waals surface area contributed by atoms with Gasteiger partial charge in [0.2, 0.25) is 5.95 Å². The number of β-amino-alcohol motifs (C(OH)–C–C–N with tert-alkyl or cyclic N) is 1. The predicted molar refractivity (Wildman–Crippen MR) is 92.9 cm³/mol. The number of halogens is 9. The summed E-state index contributed by atoms with van der Waals surface area (Å²) >= 11 is 0. The number of anilines is 2. The van der Waals surface area contributed by atoms with E-state index < -0.39 is 61.2 Å². The molecule has 186 valence electrons. The lowest BCUT2D eigenvalue weighted by Gasteiger charge is -2.44. The standard InChI is InChI=1S/C17H17F9N4O3/c18-15(19,20)10-1-2-28-12(31)4-11(29-5-9-3-8(29)6-33-9)27-13(28)30(10)7-14(32,16(21,22)23)17(24,25)26/h4,8-10,32H,1-3,5-7H2/t8-,9-,10-/m0/s1. The first-order valence-corrected chi connectivity index (χ1v) is 9.72. The van der Waals surface area contributed by atoms with Gasteiger partial charge in [-0.1, -0.05) is 0 Å². The third-order valence-corrected chi connectivity index (χ3v) is 6.14. The van der Waals surface area contributed by atoms with Crippen LogP contribution in [0, 0.1) is 0 Å². The molecule has 2 bridgehead atoms. The minimum absolute atomic E-state index is 0.183. The highest BCUT2D eigenvalue weighted by atomic mass is 19.4. The van der Waals surface area contributed by atoms with Crippen LogP contribution in [0.3, 0.4) is 0 Å². The molecule has 0 aliphatic carbocycles. The van der Waals surface area contributed by atoms with Crippen molar-refractivity contribution in [3.63, 3.8) is 0 Å². The van der Waals surface area contributed by atoms with E-state index in [1.807, 2.05) is 0 Å². The van der Waals surface area contributed by atoms with E-state index in [1.54, 1.807) is 0 Å². The van der Waals surface area contributed by atoms with E-state index in [4.69, 9.17) is 4.74 Å². The van der Waals surface area contributed by atoms with Crippen molar-refractivity contribution in [3.05, 3.63) is 16.4 Å². The summed E-state index contributed by atoms with van der Waals surface area (Å²) in [5.41, 5.74) is -6.44. The van der Waals surface area contributed by atoms with E-state index in [0.29, 0.717) is 11.0 Å². The van der Waals surface area contributed by atoms with Crippen LogP contribution in [0.1, 0.15) is 12.8 Å². The van der Waals surface area contributed by atoms with E-state index in [-0.39, 0.29) is 36.0 Å². The van der Waals surface area contributed by atoms with E-state index in [9.17, 15) is 49.4 Å². The number of aliphatic hydroxyl groups is 1. The molecule has 0 unspecified atom stereocenters. The molecule has 0 saturated carbocycles. The summed E-state index contributed by atoms with van der Waals surface area (Å²) in [6.07, 6.45) is -18.7. The van der Waals surface area contributed by atoms with Crippen LogP contribution in [0.5, 0.6) is 0 Å². The molecule has 3 aliphatic rings. The molecular weight excluding hydrogens is 479 g/mol. The van der Waals surface area contributed by atoms with Gasteiger partial charge < -0.3 is 19.6 Å². The average molecular weight is 496 g/mol. The second-order valence-electron chi connectivity index (χ2n) is 8.23. The molecule has 33 heavy (non-hydrogen) atoms. The molecule has 1 N–H and O–H groups in total. The van der Waals surface area contributed by atoms with Crippen molar-refractivity contribution in [1.29, 1.82) is 0 Å². The van der Waals surface area contributed by atoms with Gasteiger partial charge in [0, 0.05) is 19.2 Å². The highest BCUT2D eigenvalue weighted by molar-refractivity contribution is 5.49. The Morgan fingerprint density at radius 3 is 2.21 bits per heavy atom. The molecule has 0 aromatic carbocycles. The number of rotatable bonds is 3. The SMILES string of the molecule is O=c1cc(N2C[C@@H]3C[C@H]2CO3)nc2n1CC[C@@H](C(F)(F)F)N2CC(O)(C(F)(F)F)C(F)(F)F. The van der Waals surface area contributed by atoms with Crippen LogP contribution in [-0.2, 0) is 11.3 Å². The number of morpholine rings is 1. The van der Waals surface area contributed by atoms with Gasteiger partial charge in [-0.25, -0.2) is 0 Å². The lowest BCUT2D eigenvalue weighted by molar-refractivity contribution is -0.364. The summed E-state index contributed by atoms with van der Waals surface area (Å²) in [5.74, 6) is -1.21. The van der Waals surface area contributed by atoms with Gasteiger partial charge in [-0.15, -0.1) is 0 Å². The number of aromatic nitrogens is 2. The summed E-state index contributed by atoms with van der Waals surface area (Å²) in [6.45, 7) is -2.75. The number of alkyl halides is 9. The maximum Gasteiger partial charge on any atom is 0.428 e. The minimum Gasteiger partial charge on any atom is -0.374 e. The first kappa shape index (κ1) is 23.9. The summed E-state index contributed by atoms with van der Waals surface area (Å²) in [5, 5.41) is 9.58. The fourth-order valence-corrected chi connectivity index (χ4v) is 4.39. The van der Waals surface area contributed by atoms with Gasteiger partial charge in [-0.3, -0.25) is 9.36 Å². The number of hydrogen-bond donors (Lipinski definition) is 1. The number of ether oxygens (including phenoxy) is 1. The molecule has 7 nitrogen and oxygen atoms in total. The third-order valence-electron chi connectivity index (χ3n) is 6.14. The Hall–Kier alpha value is -2.23. The minimum atomic E-state index is -6.35. The van der Waals surface area contributed by atoms with Gasteiger partial charge in [-0.2, -0.15) is 44.5 Å². The molecule has 1 aromatic rings. The van der Waals surface area contributed by atoms with Gasteiger partial charge in [0.05, 0.1) is 25.3 Å². The third kappa shape index (κ3) is 3.90. The topological polar surface area (TPSA) is 70.8 Å². The van der Waals surface area contributed by atoms with Gasteiger partial charge in [0.25, 0.3) is 11.2 Å². The Balaban J connectivity index is 1.83. The molecule has 4 rings (SSSR count). The monoisotopic (exact) mass is 496 g/mol. The van der Waals surface area contributed by atoms with Crippen LogP contribution in [-0.4, -0.2) is 76.7 Å². The van der Waals surface area contributed by atoms with E-state index in [1.165, 1.54) is 4.90 Å². The van der Waals surface area contributed by atoms with Crippen molar-refractivity contribution in [3.8, 4) is 0 Å². The lowest BCUT2D eigenvalue weighted by atomic mass is 9.99. The smallest absolute Gasteiger partial charge is 0.374 e. The van der Waals surface area contributed by atoms with Gasteiger partial charge in [-0.05, 0) is 12.8 Å². The van der Waals surface area contributed by atoms with Crippen molar-refractivity contribution in [2.45, 2.75) is 61.7 Å². The molecular formula is C17H17F9N4O3. The average Bonchev–Trinajstić information content (AvgIpc) is 3.29. The first-order chi connectivity index (χ1) is 15.0. The van der Waals surface area contributed by atoms with Crippen LogP contribution < -0.4 is 15.4 Å². The number of nitrogens with zero attached hydrogens (tertiary/aromatic N) is 4. The summed E-state index contributed by atoms with van der Waals surface area (Å²) in [6, 6.07) is -2.16. The molecule has 2 fully saturated rings. The summed E-state index contributed by atoms with van der Waals surface area (Å²) in [4.78, 5) is 17.6. The van der Waals surface area contributed by atoms with Crippen molar-refractivity contribution in [1.82, 2.24) is 9.55 Å². The molecule has 0 amide bonds. The van der Waals surface area contributed by atoms with Gasteiger partial charge in [0.15, 0.2) is 0 Å². The van der Waals surface area contributed by atoms with Crippen molar-refractivity contribution < 1.29 is 49.4 Å². The second kappa shape index (κ2) is 7.38. The van der Waals surface area contributed by atoms with Crippen LogP contribution >= 0.6 is 0 Å². The highest BCUT2D eigenvalue weighted by Gasteiger charge is 2.72. The fraction of sp³-hybridized carbons (Fsp3) is 0.765. The van der Waals surface area contributed by atoms with E-state index >= 15 is 0 Å². The normalized spacial score (nSPS) is 26.2. The quantitative estimate of drug-likeness (QED) is 0.648. The highest BCUT2D eigenvalue weighted by Crippen LogP contribution is 2.46. The first-order valence-electron chi connectivity index (χ1n) is 9.72. The molecule has 0 spiro atoms. The van der Waals surface area contributed by atoms with Gasteiger partial charge >= 0.3 is 18.5 Å². The molecule has 3 aliphatic heterocycles. The Morgan fingerprint density at radius 2 is 1.73 bits per heavy atom. The zero-order valence-corrected chi connectivity index (χ0v) is 16.5. The summed E-state index contributed by atoms with van der Waals surface area (Å²) in [7, 11) is 0. The summed E-state index contributed by atoms with van der Waals surface area (Å²) < 4.78 is 127. The van der Waals surface area contributed by atoms with Gasteiger partial charge in [0.1, 0.15) is 11.9 Å². The maximum atomic E-state index is 13.7. The van der Waals surface area contributed by atoms with Crippen molar-refractivity contribution >= 4 is 11.8 Å². The number of hydrogen-bond acceptors (Lipinski definition) is 6. The Kier molecular flexibility index (Phi) is 5.35. The Labute approximate surface area is 179 Å². The molecule has 2 saturated heterocycles. The fourth-order valence-electron chi connectivity index (χ4n) is 4.39. The van der Waals surface area contributed by atoms with E-state index in [0.717, 1.165) is 6.07 Å². The zero-order chi connectivity index (χ0) is 24.6. The van der Waals surface area contributed by atoms with Crippen LogP contribution in [0.2, 0.25) is 0 Å². The Morgan fingerprint density at radius 1 is 1.09 bits per heavy atom. The lowest BCUT2D eigenvalue weighted by Crippen LogP contribution is -2.66. The molecule has 4 heterocycles. The molecule has 1 aromatic heterocycles. The van der Waals surface area contributed by atoms with Crippen LogP contribution in [0.4, 0.5) is 51.3 Å².